The number of hydrogen-bond acceptors (Lipinski definition) is 6. The van der Waals surface area contributed by atoms with Crippen LogP contribution in [0.3, 0.4) is 0 Å². The lowest BCUT2D eigenvalue weighted by Gasteiger charge is -2.10. The lowest BCUT2D eigenvalue weighted by atomic mass is 10.2. The molecule has 0 aliphatic rings. The van der Waals surface area contributed by atoms with E-state index < -0.39 is 0 Å². The van der Waals surface area contributed by atoms with Gasteiger partial charge in [0.05, 0.1) is 17.8 Å². The van der Waals surface area contributed by atoms with Gasteiger partial charge in [-0.25, -0.2) is 4.98 Å². The largest absolute Gasteiger partial charge is 0.495 e. The highest BCUT2D eigenvalue weighted by atomic mass is 35.5. The van der Waals surface area contributed by atoms with Gasteiger partial charge in [0.15, 0.2) is 0 Å². The SMILES string of the molecule is COc1ccc(Cl)cc1NC(=O)CCNC(=O)c1csc(CCN)n1. The first-order valence-electron chi connectivity index (χ1n) is 7.59. The van der Waals surface area contributed by atoms with Gasteiger partial charge in [-0.2, -0.15) is 0 Å². The van der Waals surface area contributed by atoms with E-state index in [0.717, 1.165) is 5.01 Å². The third-order valence-corrected chi connectivity index (χ3v) is 4.36. The van der Waals surface area contributed by atoms with Crippen molar-refractivity contribution in [2.75, 3.05) is 25.5 Å². The first-order chi connectivity index (χ1) is 12.0. The van der Waals surface area contributed by atoms with Gasteiger partial charge >= 0.3 is 0 Å². The summed E-state index contributed by atoms with van der Waals surface area (Å²) in [6.07, 6.45) is 0.753. The third-order valence-electron chi connectivity index (χ3n) is 3.22. The van der Waals surface area contributed by atoms with E-state index in [1.54, 1.807) is 23.6 Å². The topological polar surface area (TPSA) is 106 Å². The Morgan fingerprint density at radius 3 is 2.92 bits per heavy atom. The molecule has 1 heterocycles. The number of thiazole rings is 1. The quantitative estimate of drug-likeness (QED) is 0.648. The second-order valence-electron chi connectivity index (χ2n) is 5.06. The van der Waals surface area contributed by atoms with Gasteiger partial charge in [0, 0.05) is 29.8 Å². The lowest BCUT2D eigenvalue weighted by molar-refractivity contribution is -0.116. The summed E-state index contributed by atoms with van der Waals surface area (Å²) in [5, 5.41) is 8.36. The van der Waals surface area contributed by atoms with Crippen molar-refractivity contribution in [3.8, 4) is 5.75 Å². The van der Waals surface area contributed by atoms with Crippen LogP contribution >= 0.6 is 22.9 Å². The number of halogens is 1. The zero-order valence-corrected chi connectivity index (χ0v) is 15.2. The number of anilines is 1. The van der Waals surface area contributed by atoms with Gasteiger partial charge < -0.3 is 21.1 Å². The summed E-state index contributed by atoms with van der Waals surface area (Å²) in [5.41, 5.74) is 6.28. The van der Waals surface area contributed by atoms with Crippen molar-refractivity contribution >= 4 is 40.4 Å². The van der Waals surface area contributed by atoms with E-state index in [1.807, 2.05) is 0 Å². The maximum Gasteiger partial charge on any atom is 0.270 e. The standard InChI is InChI=1S/C16H19ClN4O3S/c1-24-13-3-2-10(17)8-11(13)20-14(22)5-7-19-16(23)12-9-25-15(21-12)4-6-18/h2-3,8-9H,4-7,18H2,1H3,(H,19,23)(H,20,22). The predicted molar refractivity (Wildman–Crippen MR) is 98.5 cm³/mol. The number of carbonyl (C=O) groups excluding carboxylic acids is 2. The van der Waals surface area contributed by atoms with E-state index in [2.05, 4.69) is 15.6 Å². The van der Waals surface area contributed by atoms with Crippen molar-refractivity contribution in [3.05, 3.63) is 39.3 Å². The highest BCUT2D eigenvalue weighted by Gasteiger charge is 2.12. The Balaban J connectivity index is 1.82. The van der Waals surface area contributed by atoms with E-state index in [0.29, 0.717) is 35.1 Å². The van der Waals surface area contributed by atoms with Gasteiger partial charge in [0.2, 0.25) is 5.91 Å². The fourth-order valence-corrected chi connectivity index (χ4v) is 2.99. The predicted octanol–water partition coefficient (Wildman–Crippen LogP) is 2.06. The average molecular weight is 383 g/mol. The molecule has 0 spiro atoms. The van der Waals surface area contributed by atoms with E-state index in [-0.39, 0.29) is 24.8 Å². The molecule has 0 fully saturated rings. The van der Waals surface area contributed by atoms with E-state index in [1.165, 1.54) is 18.4 Å². The highest BCUT2D eigenvalue weighted by molar-refractivity contribution is 7.09. The Kier molecular flexibility index (Phi) is 7.17. The first-order valence-corrected chi connectivity index (χ1v) is 8.85. The molecule has 0 atom stereocenters. The van der Waals surface area contributed by atoms with Gasteiger partial charge in [0.25, 0.3) is 5.91 Å². The van der Waals surface area contributed by atoms with Crippen molar-refractivity contribution in [3.63, 3.8) is 0 Å². The lowest BCUT2D eigenvalue weighted by Crippen LogP contribution is -2.28. The molecule has 0 radical (unpaired) electrons. The number of aromatic nitrogens is 1. The minimum absolute atomic E-state index is 0.112. The number of amides is 2. The van der Waals surface area contributed by atoms with Gasteiger partial charge in [0.1, 0.15) is 11.4 Å². The monoisotopic (exact) mass is 382 g/mol. The Morgan fingerprint density at radius 2 is 2.20 bits per heavy atom. The number of benzene rings is 1. The molecule has 7 nitrogen and oxygen atoms in total. The van der Waals surface area contributed by atoms with Crippen LogP contribution in [0.5, 0.6) is 5.75 Å². The Bertz CT molecular complexity index is 751. The number of rotatable bonds is 8. The zero-order valence-electron chi connectivity index (χ0n) is 13.7. The van der Waals surface area contributed by atoms with Crippen molar-refractivity contribution in [1.29, 1.82) is 0 Å². The Morgan fingerprint density at radius 1 is 1.40 bits per heavy atom. The molecule has 0 saturated heterocycles. The summed E-state index contributed by atoms with van der Waals surface area (Å²) >= 11 is 7.31. The van der Waals surface area contributed by atoms with Crippen molar-refractivity contribution in [1.82, 2.24) is 10.3 Å². The van der Waals surface area contributed by atoms with Gasteiger partial charge in [-0.1, -0.05) is 11.6 Å². The second-order valence-corrected chi connectivity index (χ2v) is 6.44. The van der Waals surface area contributed by atoms with Crippen molar-refractivity contribution in [2.24, 2.45) is 5.73 Å². The maximum absolute atomic E-state index is 12.0. The van der Waals surface area contributed by atoms with E-state index in [4.69, 9.17) is 22.1 Å². The summed E-state index contributed by atoms with van der Waals surface area (Å²) in [6, 6.07) is 4.94. The molecule has 0 saturated carbocycles. The van der Waals surface area contributed by atoms with Gasteiger partial charge in [-0.3, -0.25) is 9.59 Å². The molecule has 2 amide bonds. The number of nitrogens with zero attached hydrogens (tertiary/aromatic N) is 1. The average Bonchev–Trinajstić information content (AvgIpc) is 3.04. The number of ether oxygens (including phenoxy) is 1. The molecule has 134 valence electrons. The van der Waals surface area contributed by atoms with Crippen LogP contribution in [0, 0.1) is 0 Å². The molecule has 0 bridgehead atoms. The minimum Gasteiger partial charge on any atom is -0.495 e. The molecule has 2 aromatic rings. The number of nitrogens with one attached hydrogen (secondary N) is 2. The highest BCUT2D eigenvalue weighted by Crippen LogP contribution is 2.27. The van der Waals surface area contributed by atoms with Crippen LogP contribution in [0.1, 0.15) is 21.9 Å². The molecule has 2 rings (SSSR count). The van der Waals surface area contributed by atoms with E-state index in [9.17, 15) is 9.59 Å². The number of carbonyl (C=O) groups is 2. The number of methoxy groups -OCH3 is 1. The molecule has 1 aromatic heterocycles. The summed E-state index contributed by atoms with van der Waals surface area (Å²) in [4.78, 5) is 28.2. The van der Waals surface area contributed by atoms with Crippen LogP contribution in [-0.2, 0) is 11.2 Å². The fourth-order valence-electron chi connectivity index (χ4n) is 2.02. The molecule has 0 aliphatic heterocycles. The fraction of sp³-hybridized carbons (Fsp3) is 0.312. The Labute approximate surface area is 154 Å². The number of nitrogens with two attached hydrogens (primary N) is 1. The summed E-state index contributed by atoms with van der Waals surface area (Å²) in [6.45, 7) is 0.680. The van der Waals surface area contributed by atoms with Crippen LogP contribution in [0.4, 0.5) is 5.69 Å². The van der Waals surface area contributed by atoms with Crippen molar-refractivity contribution in [2.45, 2.75) is 12.8 Å². The molecule has 4 N–H and O–H groups in total. The Hall–Kier alpha value is -2.16. The normalized spacial score (nSPS) is 10.4. The number of hydrogen-bond donors (Lipinski definition) is 3. The van der Waals surface area contributed by atoms with Crippen LogP contribution < -0.4 is 21.1 Å². The van der Waals surface area contributed by atoms with Crippen molar-refractivity contribution < 1.29 is 14.3 Å². The molecule has 0 unspecified atom stereocenters. The van der Waals surface area contributed by atoms with Crippen LogP contribution in [0.15, 0.2) is 23.6 Å². The zero-order chi connectivity index (χ0) is 18.2. The van der Waals surface area contributed by atoms with Gasteiger partial charge in [-0.15, -0.1) is 11.3 Å². The molecule has 9 heteroatoms. The van der Waals surface area contributed by atoms with Crippen LogP contribution in [0.2, 0.25) is 5.02 Å². The minimum atomic E-state index is -0.312. The van der Waals surface area contributed by atoms with Crippen LogP contribution in [-0.4, -0.2) is 37.0 Å². The summed E-state index contributed by atoms with van der Waals surface area (Å²) < 4.78 is 5.16. The van der Waals surface area contributed by atoms with Gasteiger partial charge in [-0.05, 0) is 24.7 Å². The third kappa shape index (κ3) is 5.70. The summed E-state index contributed by atoms with van der Waals surface area (Å²) in [7, 11) is 1.51. The molecule has 1 aromatic carbocycles. The maximum atomic E-state index is 12.0. The van der Waals surface area contributed by atoms with E-state index >= 15 is 0 Å². The second kappa shape index (κ2) is 9.36. The smallest absolute Gasteiger partial charge is 0.270 e. The molecule has 0 aliphatic carbocycles. The first kappa shape index (κ1) is 19.2. The molecule has 25 heavy (non-hydrogen) atoms. The molecular weight excluding hydrogens is 364 g/mol. The summed E-state index contributed by atoms with van der Waals surface area (Å²) in [5.74, 6) is -0.0627. The van der Waals surface area contributed by atoms with Crippen LogP contribution in [0.25, 0.3) is 0 Å². The molecular formula is C16H19ClN4O3S.